The summed E-state index contributed by atoms with van der Waals surface area (Å²) in [7, 11) is 0. The number of ether oxygens (including phenoxy) is 15. The van der Waals surface area contributed by atoms with Crippen molar-refractivity contribution >= 4 is 71.3 Å². The lowest BCUT2D eigenvalue weighted by Crippen LogP contribution is -2.66. The summed E-state index contributed by atoms with van der Waals surface area (Å²) in [5.74, 6) is -86.4. The fourth-order valence-corrected chi connectivity index (χ4v) is 16.8. The molecule has 14 atom stereocenters. The Labute approximate surface area is 744 Å². The predicted octanol–water partition coefficient (Wildman–Crippen LogP) is -1.80. The van der Waals surface area contributed by atoms with Crippen molar-refractivity contribution < 1.29 is 266 Å². The average Bonchev–Trinajstić information content (AvgIpc) is 1.51. The standard InChI is InChI=1S/C82H54O54/c83-24-1-14(2-25(84)45(24)93)67(106)133-77-65-63-59(127-74(113)21-10-35(91)79(116,117)81(120)43(21)41-18(72(111)131-65)6-30(89)50(98)61(41)135-81)33(125-77)13-123-69(108)20-9-32(52(100)56(104)40(20)39-17(71(110)129-63)5-28(87)48(96)55(39)103)124-58-23(8-29(88)49(97)57(58)105)76(115)134-78-66-64-60(128-75(114)22-11-36(92)80(118,119)82(121)44(22)42-19(73(112)132-66)7-31(90)51(99)62(42)136-82)34(126-78)12-122-68(107)15-3-26(85)46(94)53(101)37(15)38-16(70(109)130-64)4-27(86)47(95)54(38)102/h1-11,33-34,43-44,59-60,63-66,77-78,83-90,93-105,116-121H,12-13H2/t33-,34+,43+,44-,59-,60+,63+,64-,65-,66+,77+,78+,81+,82+/m1/s1. The van der Waals surface area contributed by atoms with E-state index in [0.29, 0.717) is 24.3 Å². The molecule has 0 radical (unpaired) electrons. The number of phenols is 21. The van der Waals surface area contributed by atoms with E-state index in [-0.39, 0.29) is 42.5 Å². The summed E-state index contributed by atoms with van der Waals surface area (Å²) < 4.78 is 85.8. The summed E-state index contributed by atoms with van der Waals surface area (Å²) in [6.45, 7) is -3.37. The summed E-state index contributed by atoms with van der Waals surface area (Å²) in [5.41, 5.74) is -21.5. The van der Waals surface area contributed by atoms with Crippen LogP contribution in [0.1, 0.15) is 106 Å². The van der Waals surface area contributed by atoms with E-state index in [1.54, 1.807) is 0 Å². The molecule has 706 valence electrons. The van der Waals surface area contributed by atoms with Crippen molar-refractivity contribution in [3.05, 3.63) is 134 Å². The second kappa shape index (κ2) is 30.1. The number of aromatic hydroxyl groups is 21. The van der Waals surface area contributed by atoms with E-state index in [1.807, 2.05) is 0 Å². The lowest BCUT2D eigenvalue weighted by Gasteiger charge is -2.44. The molecule has 10 aliphatic rings. The van der Waals surface area contributed by atoms with Gasteiger partial charge in [-0.3, -0.25) is 9.59 Å². The van der Waals surface area contributed by atoms with Gasteiger partial charge in [0.25, 0.3) is 23.1 Å². The van der Waals surface area contributed by atoms with Gasteiger partial charge in [0.15, 0.2) is 122 Å². The van der Waals surface area contributed by atoms with Gasteiger partial charge in [0.1, 0.15) is 31.0 Å². The number of phenolic OH excluding ortho intramolecular Hbond substituents is 21. The van der Waals surface area contributed by atoms with Crippen molar-refractivity contribution in [3.63, 3.8) is 0 Å². The van der Waals surface area contributed by atoms with Gasteiger partial charge in [-0.15, -0.1) is 0 Å². The first-order chi connectivity index (χ1) is 63.8. The molecule has 8 aromatic rings. The molecule has 27 N–H and O–H groups in total. The maximum absolute atomic E-state index is 15.6. The van der Waals surface area contributed by atoms with Gasteiger partial charge < -0.3 is 209 Å². The Hall–Kier alpha value is -17.8. The highest BCUT2D eigenvalue weighted by Gasteiger charge is 2.73. The van der Waals surface area contributed by atoms with Crippen LogP contribution in [0.5, 0.6) is 144 Å². The number of fused-ring (bicyclic) bond motifs is 6. The third-order valence-electron chi connectivity index (χ3n) is 23.4. The Morgan fingerprint density at radius 2 is 0.632 bits per heavy atom. The lowest BCUT2D eigenvalue weighted by atomic mass is 9.74. The second-order valence-electron chi connectivity index (χ2n) is 31.1. The van der Waals surface area contributed by atoms with Crippen LogP contribution in [0.25, 0.3) is 22.3 Å². The van der Waals surface area contributed by atoms with E-state index in [4.69, 9.17) is 71.1 Å². The van der Waals surface area contributed by atoms with E-state index in [0.717, 1.165) is 0 Å². The van der Waals surface area contributed by atoms with E-state index < -0.39 is 414 Å². The number of hydrogen-bond acceptors (Lipinski definition) is 54. The largest absolute Gasteiger partial charge is 0.504 e. The van der Waals surface area contributed by atoms with Crippen molar-refractivity contribution in [3.8, 4) is 166 Å². The Morgan fingerprint density at radius 3 is 1.04 bits per heavy atom. The molecule has 8 heterocycles. The fraction of sp³-hybridized carbons (Fsp3) is 0.220. The fourth-order valence-electron chi connectivity index (χ4n) is 16.8. The monoisotopic (exact) mass is 1900 g/mol. The van der Waals surface area contributed by atoms with Gasteiger partial charge >= 0.3 is 59.7 Å². The molecule has 18 rings (SSSR count). The minimum absolute atomic E-state index is 0.0563. The Morgan fingerprint density at radius 1 is 0.316 bits per heavy atom. The van der Waals surface area contributed by atoms with Crippen LogP contribution < -0.4 is 14.2 Å². The van der Waals surface area contributed by atoms with Crippen LogP contribution in [0.15, 0.2) is 77.9 Å². The first-order valence-corrected chi connectivity index (χ1v) is 38.2. The molecule has 0 aromatic heterocycles. The highest BCUT2D eigenvalue weighted by molar-refractivity contribution is 6.13. The minimum atomic E-state index is -4.26. The molecule has 8 bridgehead atoms. The van der Waals surface area contributed by atoms with E-state index in [2.05, 4.69) is 0 Å². The number of carbonyl (C=O) groups excluding carboxylic acids is 12. The SMILES string of the molecule is O=C1O[C@@H]2[C@H]3OC(=O)c4cc(O)c(O)c(O)c4-c4c(cc(O)c(O)c4O)C(=O)OC[C@@H]2O[C@@H](OC(=O)c2cc(O)c(O)c(O)c2Oc2cc4c(c(O)c2O)-c2c(cc(O)c(O)c2O)C(=O)O[C@@H]2[C@H]5OC(=O)c6cc(O)c(O)c7c6[C@@H]6C(=CC(=O)C(O)(O)[C@@]6(O)O7)C(=O)O[C@@H]2[C@@H](COC4=O)O[C@H]5OC(=O)c2cc(O)c(O)c(O)c2)[C@H]3OC(=O)c2cc(O)c(O)c3c2[C@H]2C1=CC(=O)C(O)(O)[C@@]2(O)O3. The summed E-state index contributed by atoms with van der Waals surface area (Å²) >= 11 is 0. The molecular formula is C82H54O54. The average molecular weight is 1900 g/mol. The van der Waals surface area contributed by atoms with E-state index in [9.17, 15) is 157 Å². The van der Waals surface area contributed by atoms with Crippen LogP contribution in [-0.2, 0) is 76.0 Å². The van der Waals surface area contributed by atoms with Crippen LogP contribution in [0.2, 0.25) is 0 Å². The summed E-state index contributed by atoms with van der Waals surface area (Å²) in [6.07, 6.45) is -28.6. The molecular weight excluding hydrogens is 1850 g/mol. The van der Waals surface area contributed by atoms with Gasteiger partial charge in [-0.2, -0.15) is 0 Å². The first kappa shape index (κ1) is 88.8. The molecule has 0 unspecified atom stereocenters. The number of benzene rings is 8. The van der Waals surface area contributed by atoms with Crippen LogP contribution in [0, 0.1) is 0 Å². The van der Waals surface area contributed by atoms with Crippen LogP contribution in [-0.4, -0.2) is 307 Å². The van der Waals surface area contributed by atoms with Crippen molar-refractivity contribution in [2.45, 2.75) is 96.4 Å². The summed E-state index contributed by atoms with van der Waals surface area (Å²) in [6, 6.07) is 2.24. The smallest absolute Gasteiger partial charge is 0.344 e. The Balaban J connectivity index is 0.771. The van der Waals surface area contributed by atoms with E-state index in [1.165, 1.54) is 0 Å². The molecule has 2 fully saturated rings. The third-order valence-corrected chi connectivity index (χ3v) is 23.4. The summed E-state index contributed by atoms with van der Waals surface area (Å²) in [5, 5.41) is 305. The van der Waals surface area contributed by atoms with Crippen LogP contribution >= 0.6 is 0 Å². The van der Waals surface area contributed by atoms with Crippen LogP contribution in [0.3, 0.4) is 0 Å². The Kier molecular flexibility index (Phi) is 19.7. The summed E-state index contributed by atoms with van der Waals surface area (Å²) in [4.78, 5) is 179. The molecule has 0 amide bonds. The van der Waals surface area contributed by atoms with Gasteiger partial charge in [0, 0.05) is 45.5 Å². The van der Waals surface area contributed by atoms with Gasteiger partial charge in [-0.25, -0.2) is 47.9 Å². The molecule has 8 aliphatic heterocycles. The van der Waals surface area contributed by atoms with Crippen molar-refractivity contribution in [1.29, 1.82) is 0 Å². The maximum Gasteiger partial charge on any atom is 0.344 e. The Bertz CT molecular complexity index is 6950. The zero-order chi connectivity index (χ0) is 98.3. The van der Waals surface area contributed by atoms with Gasteiger partial charge in [-0.1, -0.05) is 0 Å². The minimum Gasteiger partial charge on any atom is -0.504 e. The molecule has 136 heavy (non-hydrogen) atoms. The van der Waals surface area contributed by atoms with E-state index >= 15 is 38.4 Å². The first-order valence-electron chi connectivity index (χ1n) is 38.2. The van der Waals surface area contributed by atoms with Gasteiger partial charge in [0.05, 0.1) is 61.9 Å². The molecule has 54 nitrogen and oxygen atoms in total. The molecule has 2 aliphatic carbocycles. The normalized spacial score (nSPS) is 25.8. The quantitative estimate of drug-likeness (QED) is 0.0378. The molecule has 8 aromatic carbocycles. The lowest BCUT2D eigenvalue weighted by molar-refractivity contribution is -0.323. The molecule has 0 saturated carbocycles. The molecule has 54 heteroatoms. The van der Waals surface area contributed by atoms with Gasteiger partial charge in [-0.05, 0) is 54.6 Å². The number of carbonyl (C=O) groups is 12. The number of esters is 10. The zero-order valence-corrected chi connectivity index (χ0v) is 66.3. The van der Waals surface area contributed by atoms with Crippen molar-refractivity contribution in [2.75, 3.05) is 13.2 Å². The zero-order valence-electron chi connectivity index (χ0n) is 66.3. The van der Waals surface area contributed by atoms with Crippen LogP contribution in [0.4, 0.5) is 0 Å². The number of ketones is 2. The number of cyclic esters (lactones) is 2. The highest BCUT2D eigenvalue weighted by atomic mass is 16.8. The third kappa shape index (κ3) is 12.7. The molecule has 0 spiro atoms. The number of rotatable bonds is 6. The predicted molar refractivity (Wildman–Crippen MR) is 407 cm³/mol. The second-order valence-corrected chi connectivity index (χ2v) is 31.1. The van der Waals surface area contributed by atoms with Crippen molar-refractivity contribution in [1.82, 2.24) is 0 Å². The highest BCUT2D eigenvalue weighted by Crippen LogP contribution is 2.65. The number of hydrogen-bond donors (Lipinski definition) is 27. The van der Waals surface area contributed by atoms with Gasteiger partial charge in [0.2, 0.25) is 82.4 Å². The number of aliphatic hydroxyl groups is 6. The van der Waals surface area contributed by atoms with Crippen molar-refractivity contribution in [2.24, 2.45) is 0 Å². The maximum atomic E-state index is 15.6. The molecule has 2 saturated heterocycles. The topological polar surface area (TPSA) is 890 Å².